The molecule has 0 amide bonds. The Morgan fingerprint density at radius 2 is 1.15 bits per heavy atom. The molecule has 2 atom stereocenters. The summed E-state index contributed by atoms with van der Waals surface area (Å²) < 4.78 is 2.44. The van der Waals surface area contributed by atoms with Crippen molar-refractivity contribution in [2.24, 2.45) is 4.99 Å². The van der Waals surface area contributed by atoms with Crippen molar-refractivity contribution in [3.05, 3.63) is 172 Å². The van der Waals surface area contributed by atoms with Crippen molar-refractivity contribution in [3.63, 3.8) is 0 Å². The molecule has 5 aromatic carbocycles. The van der Waals surface area contributed by atoms with Crippen molar-refractivity contribution in [2.45, 2.75) is 159 Å². The lowest BCUT2D eigenvalue weighted by Gasteiger charge is -2.27. The maximum absolute atomic E-state index is 9.97. The molecular formula is C65H70N6. The second-order valence-corrected chi connectivity index (χ2v) is 21.7. The van der Waals surface area contributed by atoms with Crippen LogP contribution in [0.5, 0.6) is 0 Å². The number of benzene rings is 5. The molecule has 2 N–H and O–H groups in total. The van der Waals surface area contributed by atoms with Gasteiger partial charge in [-0.2, -0.15) is 0 Å². The van der Waals surface area contributed by atoms with Crippen molar-refractivity contribution in [1.29, 1.82) is 5.41 Å². The predicted octanol–water partition coefficient (Wildman–Crippen LogP) is 17.8. The molecule has 4 aliphatic carbocycles. The lowest BCUT2D eigenvalue weighted by atomic mass is 9.81. The van der Waals surface area contributed by atoms with Crippen LogP contribution in [0.3, 0.4) is 0 Å². The minimum atomic E-state index is -0.0736. The van der Waals surface area contributed by atoms with Gasteiger partial charge in [-0.25, -0.2) is 15.0 Å². The van der Waals surface area contributed by atoms with Crippen LogP contribution in [-0.4, -0.2) is 26.0 Å². The van der Waals surface area contributed by atoms with Gasteiger partial charge in [0.15, 0.2) is 11.6 Å². The van der Waals surface area contributed by atoms with E-state index >= 15 is 0 Å². The molecule has 0 bridgehead atoms. The summed E-state index contributed by atoms with van der Waals surface area (Å²) in [5, 5.41) is 16.3. The third-order valence-electron chi connectivity index (χ3n) is 17.2. The van der Waals surface area contributed by atoms with E-state index in [-0.39, 0.29) is 12.0 Å². The van der Waals surface area contributed by atoms with Gasteiger partial charge in [-0.1, -0.05) is 167 Å². The Bertz CT molecular complexity index is 3130. The quantitative estimate of drug-likeness (QED) is 0.143. The highest BCUT2D eigenvalue weighted by Gasteiger charge is 2.30. The van der Waals surface area contributed by atoms with E-state index in [2.05, 4.69) is 150 Å². The van der Waals surface area contributed by atoms with E-state index in [4.69, 9.17) is 15.0 Å². The first-order valence-electron chi connectivity index (χ1n) is 27.6. The number of aliphatic imine (C=N–C) groups is 1. The van der Waals surface area contributed by atoms with Gasteiger partial charge in [-0.05, 0) is 147 Å². The summed E-state index contributed by atoms with van der Waals surface area (Å²) in [7, 11) is 0. The standard InChI is InChI=1S/C65H70N6/c1-43(44-26-28-48(29-27-44)45-16-6-2-7-17-45)67-64-61-58(66)40-39-55(53-38-41-60-57(42-53)56-24-14-15-25-59(56)71(60)54-22-12-5-13-23-54)62(51-34-30-49(31-35-51)46-18-8-3-9-19-46)68-65(61)70-63(69-64)52-36-32-50(33-37-52)47-20-10-4-11-21-47/h12,14-15,22-38,41-43,45-47,55,66H,2-11,13,16-21,39-40H2,1H3,(H,67,69,70). The number of fused-ring (bicyclic) bond motifs is 4. The smallest absolute Gasteiger partial charge is 0.167 e. The van der Waals surface area contributed by atoms with Crippen molar-refractivity contribution in [2.75, 3.05) is 5.32 Å². The van der Waals surface area contributed by atoms with E-state index < -0.39 is 0 Å². The van der Waals surface area contributed by atoms with Gasteiger partial charge in [0.05, 0.1) is 22.3 Å². The summed E-state index contributed by atoms with van der Waals surface area (Å²) in [6, 6.07) is 43.7. The first-order chi connectivity index (χ1) is 35.0. The van der Waals surface area contributed by atoms with E-state index in [1.165, 1.54) is 152 Å². The molecule has 0 spiro atoms. The number of nitrogens with one attached hydrogen (secondary N) is 2. The van der Waals surface area contributed by atoms with Crippen molar-refractivity contribution in [3.8, 4) is 11.4 Å². The third-order valence-corrected chi connectivity index (χ3v) is 17.2. The first kappa shape index (κ1) is 45.7. The summed E-state index contributed by atoms with van der Waals surface area (Å²) in [5.74, 6) is 3.71. The van der Waals surface area contributed by atoms with Crippen LogP contribution in [0.15, 0.2) is 138 Å². The van der Waals surface area contributed by atoms with Crippen LogP contribution in [-0.2, 0) is 0 Å². The highest BCUT2D eigenvalue weighted by molar-refractivity contribution is 6.14. The van der Waals surface area contributed by atoms with E-state index in [1.807, 2.05) is 0 Å². The second kappa shape index (κ2) is 20.4. The SMILES string of the molecule is CC(Nc1nc(-c2ccc(C3CCCCC3)cc2)nc2c1C(=N)CCC(c1ccc3c(c1)c1ccccc1n3C1=CCCC=C1)C(c1ccc(C3CCCCC3)cc1)=N2)c1ccc(C2CCCCC2)cc1. The average Bonchev–Trinajstić information content (AvgIpc) is 3.77. The summed E-state index contributed by atoms with van der Waals surface area (Å²) >= 11 is 0. The van der Waals surface area contributed by atoms with Gasteiger partial charge in [0.1, 0.15) is 5.82 Å². The maximum atomic E-state index is 9.97. The topological polar surface area (TPSA) is 79.0 Å². The van der Waals surface area contributed by atoms with Gasteiger partial charge < -0.3 is 15.3 Å². The summed E-state index contributed by atoms with van der Waals surface area (Å²) in [5.41, 5.74) is 14.7. The van der Waals surface area contributed by atoms with Crippen LogP contribution in [0, 0.1) is 5.41 Å². The molecule has 2 unspecified atom stereocenters. The van der Waals surface area contributed by atoms with Crippen molar-refractivity contribution < 1.29 is 0 Å². The monoisotopic (exact) mass is 935 g/mol. The summed E-state index contributed by atoms with van der Waals surface area (Å²) in [6.07, 6.45) is 29.9. The Balaban J connectivity index is 0.996. The highest BCUT2D eigenvalue weighted by atomic mass is 15.1. The maximum Gasteiger partial charge on any atom is 0.167 e. The zero-order chi connectivity index (χ0) is 47.7. The van der Waals surface area contributed by atoms with E-state index in [9.17, 15) is 5.41 Å². The van der Waals surface area contributed by atoms with Gasteiger partial charge in [0.25, 0.3) is 0 Å². The number of hydrogen-bond donors (Lipinski definition) is 2. The number of anilines is 1. The molecule has 7 aromatic rings. The molecule has 0 saturated heterocycles. The number of hydrogen-bond acceptors (Lipinski definition) is 5. The molecular weight excluding hydrogens is 865 g/mol. The van der Waals surface area contributed by atoms with Gasteiger partial charge in [-0.15, -0.1) is 0 Å². The van der Waals surface area contributed by atoms with Gasteiger partial charge in [-0.3, -0.25) is 0 Å². The van der Waals surface area contributed by atoms with Gasteiger partial charge >= 0.3 is 0 Å². The Labute approximate surface area is 421 Å². The lowest BCUT2D eigenvalue weighted by Crippen LogP contribution is -2.21. The molecule has 6 nitrogen and oxygen atoms in total. The largest absolute Gasteiger partial charge is 0.363 e. The minimum absolute atomic E-state index is 0.0496. The fourth-order valence-corrected chi connectivity index (χ4v) is 13.1. The molecule has 2 aromatic heterocycles. The van der Waals surface area contributed by atoms with E-state index in [1.54, 1.807) is 0 Å². The molecule has 0 radical (unpaired) electrons. The van der Waals surface area contributed by atoms with Crippen molar-refractivity contribution in [1.82, 2.24) is 14.5 Å². The zero-order valence-corrected chi connectivity index (χ0v) is 41.8. The van der Waals surface area contributed by atoms with Crippen LogP contribution in [0.1, 0.15) is 198 Å². The van der Waals surface area contributed by atoms with Gasteiger partial charge in [0, 0.05) is 39.7 Å². The normalized spacial score (nSPS) is 20.0. The number of nitrogens with zero attached hydrogens (tertiary/aromatic N) is 4. The average molecular weight is 935 g/mol. The van der Waals surface area contributed by atoms with Crippen LogP contribution in [0.25, 0.3) is 38.9 Å². The molecule has 12 rings (SSSR count). The Hall–Kier alpha value is -6.40. The van der Waals surface area contributed by atoms with Crippen LogP contribution >= 0.6 is 0 Å². The minimum Gasteiger partial charge on any atom is -0.363 e. The first-order valence-corrected chi connectivity index (χ1v) is 27.6. The predicted molar refractivity (Wildman–Crippen MR) is 297 cm³/mol. The van der Waals surface area contributed by atoms with Crippen LogP contribution < -0.4 is 5.32 Å². The summed E-state index contributed by atoms with van der Waals surface area (Å²) in [4.78, 5) is 16.6. The zero-order valence-electron chi connectivity index (χ0n) is 41.8. The molecule has 6 heteroatoms. The highest BCUT2D eigenvalue weighted by Crippen LogP contribution is 2.42. The summed E-state index contributed by atoms with van der Waals surface area (Å²) in [6.45, 7) is 2.22. The van der Waals surface area contributed by atoms with Crippen molar-refractivity contribution >= 4 is 50.6 Å². The lowest BCUT2D eigenvalue weighted by molar-refractivity contribution is 0.443. The number of allylic oxidation sites excluding steroid dienone is 4. The fourth-order valence-electron chi connectivity index (χ4n) is 13.1. The second-order valence-electron chi connectivity index (χ2n) is 21.7. The molecule has 5 aliphatic rings. The Morgan fingerprint density at radius 3 is 1.77 bits per heavy atom. The molecule has 3 saturated carbocycles. The Morgan fingerprint density at radius 1 is 0.577 bits per heavy atom. The van der Waals surface area contributed by atoms with Crippen LogP contribution in [0.2, 0.25) is 0 Å². The van der Waals surface area contributed by atoms with Crippen LogP contribution in [0.4, 0.5) is 11.6 Å². The molecule has 3 fully saturated rings. The number of rotatable bonds is 10. The molecule has 1 aliphatic heterocycles. The Kier molecular flexibility index (Phi) is 13.1. The van der Waals surface area contributed by atoms with Gasteiger partial charge in [0.2, 0.25) is 0 Å². The molecule has 71 heavy (non-hydrogen) atoms. The molecule has 360 valence electrons. The number of aromatic nitrogens is 3. The van der Waals surface area contributed by atoms with E-state index in [0.717, 1.165) is 36.1 Å². The number of para-hydroxylation sites is 1. The van der Waals surface area contributed by atoms with E-state index in [0.29, 0.717) is 52.9 Å². The molecule has 3 heterocycles. The fraction of sp³-hybridized carbons (Fsp3) is 0.385. The third kappa shape index (κ3) is 9.36.